The lowest BCUT2D eigenvalue weighted by Gasteiger charge is -2.13. The predicted molar refractivity (Wildman–Crippen MR) is 81.3 cm³/mol. The number of nitrogens with one attached hydrogen (secondary N) is 1. The summed E-state index contributed by atoms with van der Waals surface area (Å²) in [5.41, 5.74) is 6.37. The van der Waals surface area contributed by atoms with Gasteiger partial charge in [0.2, 0.25) is 0 Å². The fourth-order valence-electron chi connectivity index (χ4n) is 2.27. The summed E-state index contributed by atoms with van der Waals surface area (Å²) in [7, 11) is 3.66. The van der Waals surface area contributed by atoms with Gasteiger partial charge >= 0.3 is 0 Å². The highest BCUT2D eigenvalue weighted by atomic mass is 16.5. The smallest absolute Gasteiger partial charge is 0.122 e. The van der Waals surface area contributed by atoms with E-state index < -0.39 is 0 Å². The lowest BCUT2D eigenvalue weighted by atomic mass is 9.96. The maximum absolute atomic E-state index is 5.35. The Labute approximate surface area is 115 Å². The molecular formula is C17H21NO. The van der Waals surface area contributed by atoms with Crippen LogP contribution >= 0.6 is 0 Å². The summed E-state index contributed by atoms with van der Waals surface area (Å²) in [5.74, 6) is 0.965. The average molecular weight is 255 g/mol. The molecule has 2 aromatic rings. The van der Waals surface area contributed by atoms with Crippen molar-refractivity contribution in [3.8, 4) is 5.75 Å². The zero-order valence-corrected chi connectivity index (χ0v) is 12.1. The first-order chi connectivity index (χ1) is 9.15. The minimum atomic E-state index is 0.959. The molecule has 0 aliphatic heterocycles. The third-order valence-corrected chi connectivity index (χ3v) is 3.71. The van der Waals surface area contributed by atoms with E-state index in [0.717, 1.165) is 17.9 Å². The van der Waals surface area contributed by atoms with E-state index in [1.165, 1.54) is 22.3 Å². The van der Waals surface area contributed by atoms with Crippen molar-refractivity contribution in [2.45, 2.75) is 20.3 Å². The molecule has 0 bridgehead atoms. The van der Waals surface area contributed by atoms with Crippen LogP contribution in [-0.2, 0) is 6.42 Å². The van der Waals surface area contributed by atoms with Gasteiger partial charge in [-0.05, 0) is 60.7 Å². The Kier molecular flexibility index (Phi) is 4.10. The number of hydrogen-bond acceptors (Lipinski definition) is 2. The molecule has 2 nitrogen and oxygen atoms in total. The van der Waals surface area contributed by atoms with Crippen molar-refractivity contribution >= 4 is 5.69 Å². The van der Waals surface area contributed by atoms with Crippen LogP contribution in [0.1, 0.15) is 22.3 Å². The van der Waals surface area contributed by atoms with E-state index in [1.807, 2.05) is 7.05 Å². The Hall–Kier alpha value is -1.96. The van der Waals surface area contributed by atoms with E-state index in [4.69, 9.17) is 4.74 Å². The van der Waals surface area contributed by atoms with Crippen molar-refractivity contribution in [3.05, 3.63) is 58.7 Å². The number of ether oxygens (including phenoxy) is 1. The van der Waals surface area contributed by atoms with Gasteiger partial charge in [0.1, 0.15) is 5.75 Å². The molecule has 2 rings (SSSR count). The first-order valence-electron chi connectivity index (χ1n) is 6.55. The topological polar surface area (TPSA) is 21.3 Å². The van der Waals surface area contributed by atoms with E-state index in [2.05, 4.69) is 55.6 Å². The summed E-state index contributed by atoms with van der Waals surface area (Å²) in [6.07, 6.45) is 0.959. The third kappa shape index (κ3) is 2.90. The van der Waals surface area contributed by atoms with Crippen molar-refractivity contribution < 1.29 is 4.74 Å². The Morgan fingerprint density at radius 2 is 1.63 bits per heavy atom. The minimum Gasteiger partial charge on any atom is -0.496 e. The molecule has 19 heavy (non-hydrogen) atoms. The van der Waals surface area contributed by atoms with Crippen molar-refractivity contribution in [2.75, 3.05) is 19.5 Å². The average Bonchev–Trinajstić information content (AvgIpc) is 2.45. The molecular weight excluding hydrogens is 234 g/mol. The second kappa shape index (κ2) is 5.79. The zero-order chi connectivity index (χ0) is 13.8. The molecule has 1 N–H and O–H groups in total. The lowest BCUT2D eigenvalue weighted by Crippen LogP contribution is -1.97. The predicted octanol–water partition coefficient (Wildman–Crippen LogP) is 3.94. The Morgan fingerprint density at radius 1 is 0.947 bits per heavy atom. The standard InChI is InChI=1S/C17H21NO/c1-12-13(2)17(19-4)10-7-15(12)11-14-5-8-16(18-3)9-6-14/h5-10,18H,11H2,1-4H3. The van der Waals surface area contributed by atoms with E-state index >= 15 is 0 Å². The van der Waals surface area contributed by atoms with Gasteiger partial charge in [-0.3, -0.25) is 0 Å². The number of hydrogen-bond donors (Lipinski definition) is 1. The quantitative estimate of drug-likeness (QED) is 0.893. The Bertz CT molecular complexity index is 558. The molecule has 2 aromatic carbocycles. The van der Waals surface area contributed by atoms with E-state index in [9.17, 15) is 0 Å². The van der Waals surface area contributed by atoms with Gasteiger partial charge in [0.25, 0.3) is 0 Å². The van der Waals surface area contributed by atoms with Gasteiger partial charge < -0.3 is 10.1 Å². The van der Waals surface area contributed by atoms with Gasteiger partial charge in [0, 0.05) is 12.7 Å². The van der Waals surface area contributed by atoms with Gasteiger partial charge in [-0.15, -0.1) is 0 Å². The lowest BCUT2D eigenvalue weighted by molar-refractivity contribution is 0.411. The van der Waals surface area contributed by atoms with Crippen LogP contribution in [0.2, 0.25) is 0 Å². The van der Waals surface area contributed by atoms with Crippen LogP contribution in [-0.4, -0.2) is 14.2 Å². The molecule has 0 radical (unpaired) electrons. The summed E-state index contributed by atoms with van der Waals surface area (Å²) in [4.78, 5) is 0. The molecule has 0 heterocycles. The number of benzene rings is 2. The molecule has 0 saturated carbocycles. The van der Waals surface area contributed by atoms with E-state index in [0.29, 0.717) is 0 Å². The first kappa shape index (κ1) is 13.5. The normalized spacial score (nSPS) is 10.3. The molecule has 0 unspecified atom stereocenters. The molecule has 0 spiro atoms. The molecule has 0 fully saturated rings. The summed E-state index contributed by atoms with van der Waals surface area (Å²) < 4.78 is 5.35. The van der Waals surface area contributed by atoms with Crippen molar-refractivity contribution in [1.82, 2.24) is 0 Å². The fourth-order valence-corrected chi connectivity index (χ4v) is 2.27. The van der Waals surface area contributed by atoms with Crippen LogP contribution in [0, 0.1) is 13.8 Å². The third-order valence-electron chi connectivity index (χ3n) is 3.71. The van der Waals surface area contributed by atoms with Crippen LogP contribution in [0.3, 0.4) is 0 Å². The summed E-state index contributed by atoms with van der Waals surface area (Å²) in [6, 6.07) is 12.8. The number of rotatable bonds is 4. The molecule has 0 saturated heterocycles. The molecule has 100 valence electrons. The highest BCUT2D eigenvalue weighted by Crippen LogP contribution is 2.25. The van der Waals surface area contributed by atoms with Gasteiger partial charge in [0.15, 0.2) is 0 Å². The van der Waals surface area contributed by atoms with Crippen LogP contribution in [0.25, 0.3) is 0 Å². The number of methoxy groups -OCH3 is 1. The summed E-state index contributed by atoms with van der Waals surface area (Å²) in [5, 5.41) is 3.14. The monoisotopic (exact) mass is 255 g/mol. The van der Waals surface area contributed by atoms with Gasteiger partial charge in [-0.25, -0.2) is 0 Å². The molecule has 2 heteroatoms. The van der Waals surface area contributed by atoms with Crippen molar-refractivity contribution in [1.29, 1.82) is 0 Å². The van der Waals surface area contributed by atoms with E-state index in [-0.39, 0.29) is 0 Å². The van der Waals surface area contributed by atoms with Crippen LogP contribution in [0.15, 0.2) is 36.4 Å². The maximum Gasteiger partial charge on any atom is 0.122 e. The van der Waals surface area contributed by atoms with Crippen LogP contribution < -0.4 is 10.1 Å². The Balaban J connectivity index is 2.25. The van der Waals surface area contributed by atoms with Gasteiger partial charge in [0.05, 0.1) is 7.11 Å². The van der Waals surface area contributed by atoms with E-state index in [1.54, 1.807) is 7.11 Å². The SMILES string of the molecule is CNc1ccc(Cc2ccc(OC)c(C)c2C)cc1. The minimum absolute atomic E-state index is 0.959. The maximum atomic E-state index is 5.35. The Morgan fingerprint density at radius 3 is 2.21 bits per heavy atom. The second-order valence-corrected chi connectivity index (χ2v) is 4.80. The first-order valence-corrected chi connectivity index (χ1v) is 6.55. The molecule has 0 aliphatic rings. The molecule has 0 aromatic heterocycles. The fraction of sp³-hybridized carbons (Fsp3) is 0.294. The summed E-state index contributed by atoms with van der Waals surface area (Å²) >= 11 is 0. The number of anilines is 1. The zero-order valence-electron chi connectivity index (χ0n) is 12.1. The molecule has 0 atom stereocenters. The van der Waals surface area contributed by atoms with Crippen LogP contribution in [0.5, 0.6) is 5.75 Å². The highest BCUT2D eigenvalue weighted by Gasteiger charge is 2.07. The second-order valence-electron chi connectivity index (χ2n) is 4.80. The van der Waals surface area contributed by atoms with Crippen molar-refractivity contribution in [3.63, 3.8) is 0 Å². The van der Waals surface area contributed by atoms with Crippen molar-refractivity contribution in [2.24, 2.45) is 0 Å². The van der Waals surface area contributed by atoms with Gasteiger partial charge in [-0.2, -0.15) is 0 Å². The largest absolute Gasteiger partial charge is 0.496 e. The van der Waals surface area contributed by atoms with Gasteiger partial charge in [-0.1, -0.05) is 18.2 Å². The van der Waals surface area contributed by atoms with Crippen LogP contribution in [0.4, 0.5) is 5.69 Å². The highest BCUT2D eigenvalue weighted by molar-refractivity contribution is 5.47. The molecule has 0 aliphatic carbocycles. The molecule has 0 amide bonds. The summed E-state index contributed by atoms with van der Waals surface area (Å²) in [6.45, 7) is 4.27.